The summed E-state index contributed by atoms with van der Waals surface area (Å²) in [6, 6.07) is 23.7. The van der Waals surface area contributed by atoms with Crippen LogP contribution in [0.15, 0.2) is 77.3 Å². The Labute approximate surface area is 148 Å². The SMILES string of the molecule is N#Cc1ccc(-c2ccc(OC(=O)c3ccc(Br)cc3)cc2)cc1. The fourth-order valence-corrected chi connectivity index (χ4v) is 2.47. The van der Waals surface area contributed by atoms with Gasteiger partial charge in [-0.15, -0.1) is 0 Å². The third kappa shape index (κ3) is 3.70. The van der Waals surface area contributed by atoms with Crippen LogP contribution in [0.3, 0.4) is 0 Å². The highest BCUT2D eigenvalue weighted by molar-refractivity contribution is 9.10. The van der Waals surface area contributed by atoms with Crippen LogP contribution < -0.4 is 4.74 Å². The van der Waals surface area contributed by atoms with Crippen molar-refractivity contribution < 1.29 is 9.53 Å². The van der Waals surface area contributed by atoms with Crippen LogP contribution in [0.4, 0.5) is 0 Å². The first-order chi connectivity index (χ1) is 11.7. The molecule has 3 rings (SSSR count). The summed E-state index contributed by atoms with van der Waals surface area (Å²) in [6.45, 7) is 0. The smallest absolute Gasteiger partial charge is 0.343 e. The van der Waals surface area contributed by atoms with Gasteiger partial charge in [-0.05, 0) is 59.7 Å². The van der Waals surface area contributed by atoms with Crippen molar-refractivity contribution >= 4 is 21.9 Å². The van der Waals surface area contributed by atoms with Crippen molar-refractivity contribution in [1.29, 1.82) is 5.26 Å². The molecule has 4 heteroatoms. The average Bonchev–Trinajstić information content (AvgIpc) is 2.63. The first-order valence-electron chi connectivity index (χ1n) is 7.24. The maximum Gasteiger partial charge on any atom is 0.343 e. The lowest BCUT2D eigenvalue weighted by Gasteiger charge is -2.06. The van der Waals surface area contributed by atoms with Gasteiger partial charge in [-0.3, -0.25) is 0 Å². The van der Waals surface area contributed by atoms with Gasteiger partial charge in [-0.25, -0.2) is 4.79 Å². The highest BCUT2D eigenvalue weighted by Crippen LogP contribution is 2.23. The van der Waals surface area contributed by atoms with Crippen molar-refractivity contribution in [1.82, 2.24) is 0 Å². The number of carbonyl (C=O) groups is 1. The van der Waals surface area contributed by atoms with Crippen LogP contribution in [0.25, 0.3) is 11.1 Å². The van der Waals surface area contributed by atoms with Gasteiger partial charge in [0.25, 0.3) is 0 Å². The molecule has 0 aliphatic rings. The molecule has 0 bridgehead atoms. The second-order valence-corrected chi connectivity index (χ2v) is 6.03. The van der Waals surface area contributed by atoms with E-state index in [1.165, 1.54) is 0 Å². The molecule has 24 heavy (non-hydrogen) atoms. The lowest BCUT2D eigenvalue weighted by Crippen LogP contribution is -2.08. The average molecular weight is 378 g/mol. The number of hydrogen-bond acceptors (Lipinski definition) is 3. The van der Waals surface area contributed by atoms with Crippen LogP contribution in [0, 0.1) is 11.3 Å². The zero-order valence-electron chi connectivity index (χ0n) is 12.6. The molecule has 0 radical (unpaired) electrons. The van der Waals surface area contributed by atoms with Crippen LogP contribution >= 0.6 is 15.9 Å². The van der Waals surface area contributed by atoms with Crippen LogP contribution in [-0.2, 0) is 0 Å². The molecule has 3 nitrogen and oxygen atoms in total. The molecule has 3 aromatic carbocycles. The number of nitrogens with zero attached hydrogens (tertiary/aromatic N) is 1. The normalized spacial score (nSPS) is 10.0. The van der Waals surface area contributed by atoms with Crippen molar-refractivity contribution in [2.45, 2.75) is 0 Å². The van der Waals surface area contributed by atoms with Gasteiger partial charge >= 0.3 is 5.97 Å². The second kappa shape index (κ2) is 7.12. The molecule has 0 unspecified atom stereocenters. The fraction of sp³-hybridized carbons (Fsp3) is 0. The van der Waals surface area contributed by atoms with Crippen molar-refractivity contribution in [3.63, 3.8) is 0 Å². The predicted octanol–water partition coefficient (Wildman–Crippen LogP) is 5.21. The summed E-state index contributed by atoms with van der Waals surface area (Å²) in [5, 5.41) is 8.83. The Morgan fingerprint density at radius 1 is 0.833 bits per heavy atom. The van der Waals surface area contributed by atoms with Gasteiger partial charge < -0.3 is 4.74 Å². The molecule has 0 amide bonds. The molecule has 0 aliphatic carbocycles. The molecule has 0 aliphatic heterocycles. The number of benzene rings is 3. The van der Waals surface area contributed by atoms with Gasteiger partial charge in [-0.1, -0.05) is 40.2 Å². The Balaban J connectivity index is 1.73. The predicted molar refractivity (Wildman–Crippen MR) is 95.7 cm³/mol. The number of carbonyl (C=O) groups excluding carboxylic acids is 1. The van der Waals surface area contributed by atoms with E-state index in [2.05, 4.69) is 22.0 Å². The van der Waals surface area contributed by atoms with E-state index in [1.807, 2.05) is 24.3 Å². The third-order valence-corrected chi connectivity index (χ3v) is 4.02. The standard InChI is InChI=1S/C20H12BrNO2/c21-18-9-5-17(6-10-18)20(23)24-19-11-7-16(8-12-19)15-3-1-14(13-22)2-4-15/h1-12H. The van der Waals surface area contributed by atoms with Gasteiger partial charge in [0.1, 0.15) is 5.75 Å². The summed E-state index contributed by atoms with van der Waals surface area (Å²) in [5.41, 5.74) is 3.11. The van der Waals surface area contributed by atoms with Crippen LogP contribution in [0.2, 0.25) is 0 Å². The Hall–Kier alpha value is -2.90. The molecule has 0 N–H and O–H groups in total. The molecule has 0 saturated heterocycles. The minimum Gasteiger partial charge on any atom is -0.423 e. The summed E-state index contributed by atoms with van der Waals surface area (Å²) in [5.74, 6) is 0.0916. The van der Waals surface area contributed by atoms with Gasteiger partial charge in [0.15, 0.2) is 0 Å². The maximum atomic E-state index is 12.1. The number of nitriles is 1. The summed E-state index contributed by atoms with van der Waals surface area (Å²) in [4.78, 5) is 12.1. The van der Waals surface area contributed by atoms with Gasteiger partial charge in [0.05, 0.1) is 17.2 Å². The Bertz CT molecular complexity index is 892. The van der Waals surface area contributed by atoms with E-state index in [1.54, 1.807) is 48.5 Å². The molecule has 0 fully saturated rings. The fourth-order valence-electron chi connectivity index (χ4n) is 2.20. The molecule has 0 aromatic heterocycles. The summed E-state index contributed by atoms with van der Waals surface area (Å²) >= 11 is 3.33. The monoisotopic (exact) mass is 377 g/mol. The summed E-state index contributed by atoms with van der Waals surface area (Å²) in [6.07, 6.45) is 0. The Morgan fingerprint density at radius 2 is 1.38 bits per heavy atom. The van der Waals surface area contributed by atoms with Gasteiger partial charge in [-0.2, -0.15) is 5.26 Å². The first kappa shape index (κ1) is 16.0. The third-order valence-electron chi connectivity index (χ3n) is 3.49. The molecule has 0 saturated carbocycles. The number of halogens is 1. The molecule has 116 valence electrons. The molecule has 0 heterocycles. The number of rotatable bonds is 3. The van der Waals surface area contributed by atoms with Crippen LogP contribution in [0.1, 0.15) is 15.9 Å². The highest BCUT2D eigenvalue weighted by atomic mass is 79.9. The minimum atomic E-state index is -0.395. The topological polar surface area (TPSA) is 50.1 Å². The highest BCUT2D eigenvalue weighted by Gasteiger charge is 2.08. The van der Waals surface area contributed by atoms with E-state index >= 15 is 0 Å². The van der Waals surface area contributed by atoms with E-state index in [4.69, 9.17) is 10.00 Å². The minimum absolute atomic E-state index is 0.395. The molecule has 0 atom stereocenters. The number of ether oxygens (including phenoxy) is 1. The summed E-state index contributed by atoms with van der Waals surface area (Å²) < 4.78 is 6.28. The van der Waals surface area contributed by atoms with E-state index in [0.717, 1.165) is 15.6 Å². The first-order valence-corrected chi connectivity index (χ1v) is 8.03. The second-order valence-electron chi connectivity index (χ2n) is 5.11. The van der Waals surface area contributed by atoms with Crippen molar-refractivity contribution in [3.8, 4) is 22.9 Å². The molecular weight excluding hydrogens is 366 g/mol. The van der Waals surface area contributed by atoms with Gasteiger partial charge in [0, 0.05) is 4.47 Å². The zero-order chi connectivity index (χ0) is 16.9. The van der Waals surface area contributed by atoms with Crippen molar-refractivity contribution in [3.05, 3.63) is 88.4 Å². The Kier molecular flexibility index (Phi) is 4.74. The van der Waals surface area contributed by atoms with E-state index in [-0.39, 0.29) is 0 Å². The Morgan fingerprint density at radius 3 is 1.92 bits per heavy atom. The van der Waals surface area contributed by atoms with Crippen LogP contribution in [-0.4, -0.2) is 5.97 Å². The largest absolute Gasteiger partial charge is 0.423 e. The van der Waals surface area contributed by atoms with E-state index in [0.29, 0.717) is 16.9 Å². The van der Waals surface area contributed by atoms with E-state index in [9.17, 15) is 4.79 Å². The van der Waals surface area contributed by atoms with E-state index < -0.39 is 5.97 Å². The van der Waals surface area contributed by atoms with Gasteiger partial charge in [0.2, 0.25) is 0 Å². The number of esters is 1. The summed E-state index contributed by atoms with van der Waals surface area (Å²) in [7, 11) is 0. The van der Waals surface area contributed by atoms with Crippen molar-refractivity contribution in [2.24, 2.45) is 0 Å². The molecule has 0 spiro atoms. The lowest BCUT2D eigenvalue weighted by atomic mass is 10.0. The lowest BCUT2D eigenvalue weighted by molar-refractivity contribution is 0.0735. The maximum absolute atomic E-state index is 12.1. The zero-order valence-corrected chi connectivity index (χ0v) is 14.2. The number of hydrogen-bond donors (Lipinski definition) is 0. The van der Waals surface area contributed by atoms with Crippen LogP contribution in [0.5, 0.6) is 5.75 Å². The van der Waals surface area contributed by atoms with Crippen molar-refractivity contribution in [2.75, 3.05) is 0 Å². The molecule has 3 aromatic rings. The quantitative estimate of drug-likeness (QED) is 0.465. The molecular formula is C20H12BrNO2.